The average Bonchev–Trinajstić information content (AvgIpc) is 2.68. The molecule has 0 amide bonds. The Morgan fingerprint density at radius 3 is 3.00 bits per heavy atom. The van der Waals surface area contributed by atoms with Gasteiger partial charge in [-0.05, 0) is 43.5 Å². The predicted molar refractivity (Wildman–Crippen MR) is 107 cm³/mol. The fourth-order valence-corrected chi connectivity index (χ4v) is 3.43. The quantitative estimate of drug-likeness (QED) is 0.578. The number of benzene rings is 1. The number of anilines is 3. The summed E-state index contributed by atoms with van der Waals surface area (Å²) < 4.78 is 13.3. The molecule has 7 nitrogen and oxygen atoms in total. The molecule has 1 saturated heterocycles. The van der Waals surface area contributed by atoms with Gasteiger partial charge in [-0.15, -0.1) is 0 Å². The summed E-state index contributed by atoms with van der Waals surface area (Å²) in [7, 11) is 0. The van der Waals surface area contributed by atoms with Crippen molar-refractivity contribution < 1.29 is 14.3 Å². The number of piperidine rings is 1. The zero-order valence-corrected chi connectivity index (χ0v) is 16.1. The molecule has 150 valence electrons. The maximum Gasteiger partial charge on any atom is 0.304 e. The number of carboxylic acids is 1. The van der Waals surface area contributed by atoms with Crippen LogP contribution in [-0.2, 0) is 4.79 Å². The van der Waals surface area contributed by atoms with Gasteiger partial charge in [0.2, 0.25) is 0 Å². The Morgan fingerprint density at radius 1 is 1.36 bits per heavy atom. The van der Waals surface area contributed by atoms with Crippen LogP contribution in [0.25, 0.3) is 0 Å². The zero-order valence-electron chi connectivity index (χ0n) is 15.4. The molecule has 0 radical (unpaired) electrons. The fourth-order valence-electron chi connectivity index (χ4n) is 3.25. The third-order valence-corrected chi connectivity index (χ3v) is 4.93. The van der Waals surface area contributed by atoms with Crippen LogP contribution >= 0.6 is 11.6 Å². The number of halogens is 2. The van der Waals surface area contributed by atoms with Gasteiger partial charge in [-0.3, -0.25) is 4.79 Å². The van der Waals surface area contributed by atoms with Crippen LogP contribution in [0.3, 0.4) is 0 Å². The van der Waals surface area contributed by atoms with Gasteiger partial charge in [0.25, 0.3) is 0 Å². The molecule has 28 heavy (non-hydrogen) atoms. The normalized spacial score (nSPS) is 16.8. The van der Waals surface area contributed by atoms with E-state index in [2.05, 4.69) is 25.5 Å². The molecule has 9 heteroatoms. The van der Waals surface area contributed by atoms with Crippen LogP contribution in [0, 0.1) is 11.7 Å². The maximum atomic E-state index is 13.3. The Kier molecular flexibility index (Phi) is 7.00. The third-order valence-electron chi connectivity index (χ3n) is 4.64. The van der Waals surface area contributed by atoms with Crippen LogP contribution in [0.2, 0.25) is 5.02 Å². The Labute approximate surface area is 167 Å². The van der Waals surface area contributed by atoms with Crippen molar-refractivity contribution in [3.8, 4) is 0 Å². The topological polar surface area (TPSA) is 90.4 Å². The van der Waals surface area contributed by atoms with E-state index in [4.69, 9.17) is 16.7 Å². The zero-order chi connectivity index (χ0) is 19.9. The van der Waals surface area contributed by atoms with Gasteiger partial charge in [-0.25, -0.2) is 14.4 Å². The third kappa shape index (κ3) is 5.77. The minimum Gasteiger partial charge on any atom is -0.481 e. The van der Waals surface area contributed by atoms with Gasteiger partial charge in [0.15, 0.2) is 0 Å². The van der Waals surface area contributed by atoms with Gasteiger partial charge in [0.05, 0.1) is 11.4 Å². The molecule has 1 aliphatic rings. The van der Waals surface area contributed by atoms with Gasteiger partial charge >= 0.3 is 5.97 Å². The van der Waals surface area contributed by atoms with E-state index < -0.39 is 11.8 Å². The molecule has 1 atom stereocenters. The van der Waals surface area contributed by atoms with Crippen molar-refractivity contribution in [1.29, 1.82) is 0 Å². The highest BCUT2D eigenvalue weighted by Gasteiger charge is 2.21. The molecule has 3 rings (SSSR count). The van der Waals surface area contributed by atoms with Crippen LogP contribution < -0.4 is 15.5 Å². The first-order valence-electron chi connectivity index (χ1n) is 9.23. The molecule has 3 N–H and O–H groups in total. The summed E-state index contributed by atoms with van der Waals surface area (Å²) in [5.74, 6) is 0.605. The van der Waals surface area contributed by atoms with Crippen LogP contribution in [-0.4, -0.2) is 47.2 Å². The van der Waals surface area contributed by atoms with Crippen LogP contribution in [0.4, 0.5) is 21.7 Å². The Balaban J connectivity index is 1.59. The number of nitrogens with zero attached hydrogens (tertiary/aromatic N) is 3. The minimum atomic E-state index is -0.791. The van der Waals surface area contributed by atoms with E-state index in [0.29, 0.717) is 24.0 Å². The van der Waals surface area contributed by atoms with E-state index in [9.17, 15) is 9.18 Å². The van der Waals surface area contributed by atoms with Gasteiger partial charge in [0.1, 0.15) is 23.8 Å². The van der Waals surface area contributed by atoms with E-state index >= 15 is 0 Å². The van der Waals surface area contributed by atoms with Gasteiger partial charge in [-0.2, -0.15) is 0 Å². The van der Waals surface area contributed by atoms with Crippen LogP contribution in [0.15, 0.2) is 30.6 Å². The van der Waals surface area contributed by atoms with Crippen molar-refractivity contribution in [2.24, 2.45) is 5.92 Å². The second-order valence-electron chi connectivity index (χ2n) is 6.82. The summed E-state index contributed by atoms with van der Waals surface area (Å²) >= 11 is 5.82. The lowest BCUT2D eigenvalue weighted by Crippen LogP contribution is -2.40. The van der Waals surface area contributed by atoms with Crippen molar-refractivity contribution in [3.63, 3.8) is 0 Å². The molecule has 0 saturated carbocycles. The molecule has 2 aromatic rings. The van der Waals surface area contributed by atoms with Crippen molar-refractivity contribution in [1.82, 2.24) is 15.3 Å². The summed E-state index contributed by atoms with van der Waals surface area (Å²) in [5, 5.41) is 15.1. The summed E-state index contributed by atoms with van der Waals surface area (Å²) in [6.45, 7) is 3.02. The SMILES string of the molecule is O=C(O)CCNCC1CCCN(c2cc(Nc3ccc(F)c(Cl)c3)ncn2)C1. The number of rotatable bonds is 8. The van der Waals surface area contributed by atoms with Crippen molar-refractivity contribution >= 4 is 34.9 Å². The molecule has 1 fully saturated rings. The van der Waals surface area contributed by atoms with Crippen LogP contribution in [0.1, 0.15) is 19.3 Å². The van der Waals surface area contributed by atoms with Gasteiger partial charge < -0.3 is 20.6 Å². The fraction of sp³-hybridized carbons (Fsp3) is 0.421. The highest BCUT2D eigenvalue weighted by molar-refractivity contribution is 6.31. The first-order chi connectivity index (χ1) is 13.5. The lowest BCUT2D eigenvalue weighted by Gasteiger charge is -2.33. The van der Waals surface area contributed by atoms with Crippen molar-refractivity contribution in [2.75, 3.05) is 36.4 Å². The molecule has 1 aromatic heterocycles. The molecule has 0 spiro atoms. The first kappa shape index (κ1) is 20.3. The smallest absolute Gasteiger partial charge is 0.304 e. The van der Waals surface area contributed by atoms with Gasteiger partial charge in [-0.1, -0.05) is 11.6 Å². The maximum absolute atomic E-state index is 13.3. The molecular formula is C19H23ClFN5O2. The predicted octanol–water partition coefficient (Wildman–Crippen LogP) is 3.29. The number of carbonyl (C=O) groups is 1. The van der Waals surface area contributed by atoms with Crippen LogP contribution in [0.5, 0.6) is 0 Å². The second-order valence-corrected chi connectivity index (χ2v) is 7.22. The monoisotopic (exact) mass is 407 g/mol. The molecule has 1 unspecified atom stereocenters. The molecular weight excluding hydrogens is 385 g/mol. The molecule has 1 aliphatic heterocycles. The largest absolute Gasteiger partial charge is 0.481 e. The Bertz CT molecular complexity index is 823. The molecule has 0 aliphatic carbocycles. The Hall–Kier alpha value is -2.45. The number of aliphatic carboxylic acids is 1. The number of hydrogen-bond donors (Lipinski definition) is 3. The number of aromatic nitrogens is 2. The lowest BCUT2D eigenvalue weighted by molar-refractivity contribution is -0.136. The van der Waals surface area contributed by atoms with E-state index in [-0.39, 0.29) is 11.4 Å². The summed E-state index contributed by atoms with van der Waals surface area (Å²) in [6.07, 6.45) is 3.77. The Morgan fingerprint density at radius 2 is 2.21 bits per heavy atom. The summed E-state index contributed by atoms with van der Waals surface area (Å²) in [6, 6.07) is 6.28. The van der Waals surface area contributed by atoms with E-state index in [1.807, 2.05) is 6.07 Å². The molecule has 2 heterocycles. The summed E-state index contributed by atoms with van der Waals surface area (Å²) in [5.41, 5.74) is 0.648. The molecule has 1 aromatic carbocycles. The van der Waals surface area contributed by atoms with E-state index in [1.165, 1.54) is 18.5 Å². The van der Waals surface area contributed by atoms with E-state index in [0.717, 1.165) is 38.3 Å². The van der Waals surface area contributed by atoms with Gasteiger partial charge in [0, 0.05) is 31.4 Å². The van der Waals surface area contributed by atoms with E-state index in [1.54, 1.807) is 6.07 Å². The average molecular weight is 408 g/mol. The highest BCUT2D eigenvalue weighted by Crippen LogP contribution is 2.25. The molecule has 0 bridgehead atoms. The number of carboxylic acid groups (broad SMARTS) is 1. The lowest BCUT2D eigenvalue weighted by atomic mass is 9.98. The number of hydrogen-bond acceptors (Lipinski definition) is 6. The summed E-state index contributed by atoms with van der Waals surface area (Å²) in [4.78, 5) is 21.4. The highest BCUT2D eigenvalue weighted by atomic mass is 35.5. The second kappa shape index (κ2) is 9.66. The minimum absolute atomic E-state index is 0.0496. The van der Waals surface area contributed by atoms with Crippen molar-refractivity contribution in [2.45, 2.75) is 19.3 Å². The van der Waals surface area contributed by atoms with Crippen molar-refractivity contribution in [3.05, 3.63) is 41.4 Å². The standard InChI is InChI=1S/C19H23ClFN5O2/c20-15-8-14(3-4-16(15)21)25-17-9-18(24-12-23-17)26-7-1-2-13(11-26)10-22-6-5-19(27)28/h3-4,8-9,12-13,22H,1-2,5-7,10-11H2,(H,27,28)(H,23,24,25). The number of nitrogens with one attached hydrogen (secondary N) is 2. The first-order valence-corrected chi connectivity index (χ1v) is 9.60.